The van der Waals surface area contributed by atoms with Crippen LogP contribution in [-0.4, -0.2) is 16.8 Å². The molecule has 0 aromatic heterocycles. The minimum Gasteiger partial charge on any atom is -0.326 e. The van der Waals surface area contributed by atoms with Crippen LogP contribution >= 0.6 is 0 Å². The molecule has 2 amide bonds. The number of anilines is 1. The van der Waals surface area contributed by atoms with E-state index in [9.17, 15) is 14.0 Å². The summed E-state index contributed by atoms with van der Waals surface area (Å²) in [5.41, 5.74) is 6.06. The Morgan fingerprint density at radius 3 is 2.17 bits per heavy atom. The predicted octanol–water partition coefficient (Wildman–Crippen LogP) is 3.99. The second kappa shape index (κ2) is 8.88. The molecule has 30 heavy (non-hydrogen) atoms. The fraction of sp³-hybridized carbons (Fsp3) is 0.167. The van der Waals surface area contributed by atoms with Crippen LogP contribution in [0.2, 0.25) is 0 Å². The SMILES string of the molecule is O=C1CC(C(=O)NN(Cc2ccccc2)Cc2ccccc2)c2ccc(F)cc2N1. The third-order valence-electron chi connectivity index (χ3n) is 5.07. The minimum absolute atomic E-state index is 0.0228. The van der Waals surface area contributed by atoms with Crippen molar-refractivity contribution >= 4 is 17.5 Å². The van der Waals surface area contributed by atoms with E-state index < -0.39 is 11.7 Å². The number of hydrogen-bond acceptors (Lipinski definition) is 3. The zero-order valence-corrected chi connectivity index (χ0v) is 16.3. The van der Waals surface area contributed by atoms with Gasteiger partial charge in [0.1, 0.15) is 5.82 Å². The molecule has 1 atom stereocenters. The summed E-state index contributed by atoms with van der Waals surface area (Å²) in [5, 5.41) is 4.48. The zero-order valence-electron chi connectivity index (χ0n) is 16.3. The predicted molar refractivity (Wildman–Crippen MR) is 113 cm³/mol. The maximum atomic E-state index is 13.6. The van der Waals surface area contributed by atoms with E-state index in [-0.39, 0.29) is 18.2 Å². The number of carbonyl (C=O) groups excluding carboxylic acids is 2. The monoisotopic (exact) mass is 403 g/mol. The third-order valence-corrected chi connectivity index (χ3v) is 5.07. The molecule has 1 unspecified atom stereocenters. The summed E-state index contributed by atoms with van der Waals surface area (Å²) in [6, 6.07) is 23.8. The van der Waals surface area contributed by atoms with Gasteiger partial charge >= 0.3 is 0 Å². The lowest BCUT2D eigenvalue weighted by Crippen LogP contribution is -2.45. The fourth-order valence-corrected chi connectivity index (χ4v) is 3.65. The van der Waals surface area contributed by atoms with Gasteiger partial charge in [0.25, 0.3) is 0 Å². The second-order valence-electron chi connectivity index (χ2n) is 7.34. The molecule has 4 rings (SSSR count). The number of hydrogen-bond donors (Lipinski definition) is 2. The highest BCUT2D eigenvalue weighted by molar-refractivity contribution is 6.01. The maximum absolute atomic E-state index is 13.6. The first-order chi connectivity index (χ1) is 14.6. The standard InChI is InChI=1S/C24H22FN3O2/c25-19-11-12-20-21(14-23(29)26-22(20)13-19)24(30)27-28(15-17-7-3-1-4-8-17)16-18-9-5-2-6-10-18/h1-13,21H,14-16H2,(H,26,29)(H,27,30). The van der Waals surface area contributed by atoms with Crippen LogP contribution in [0.4, 0.5) is 10.1 Å². The van der Waals surface area contributed by atoms with Crippen molar-refractivity contribution in [2.24, 2.45) is 0 Å². The van der Waals surface area contributed by atoms with E-state index in [0.29, 0.717) is 24.3 Å². The van der Waals surface area contributed by atoms with Gasteiger partial charge in [-0.25, -0.2) is 9.40 Å². The molecule has 0 bridgehead atoms. The van der Waals surface area contributed by atoms with Crippen molar-refractivity contribution in [2.75, 3.05) is 5.32 Å². The molecule has 2 N–H and O–H groups in total. The fourth-order valence-electron chi connectivity index (χ4n) is 3.65. The Balaban J connectivity index is 1.56. The number of nitrogens with zero attached hydrogens (tertiary/aromatic N) is 1. The average Bonchev–Trinajstić information content (AvgIpc) is 2.74. The first kappa shape index (κ1) is 19.8. The topological polar surface area (TPSA) is 61.4 Å². The molecular formula is C24H22FN3O2. The minimum atomic E-state index is -0.677. The van der Waals surface area contributed by atoms with Crippen molar-refractivity contribution in [3.8, 4) is 0 Å². The molecule has 1 aliphatic heterocycles. The van der Waals surface area contributed by atoms with Crippen LogP contribution in [0.5, 0.6) is 0 Å². The Bertz CT molecular complexity index is 999. The Kier molecular flexibility index (Phi) is 5.86. The van der Waals surface area contributed by atoms with Gasteiger partial charge in [-0.2, -0.15) is 0 Å². The number of hydrazine groups is 1. The Hall–Kier alpha value is -3.51. The highest BCUT2D eigenvalue weighted by Gasteiger charge is 2.31. The number of nitrogens with one attached hydrogen (secondary N) is 2. The van der Waals surface area contributed by atoms with Gasteiger partial charge in [0.15, 0.2) is 0 Å². The number of rotatable bonds is 6. The zero-order chi connectivity index (χ0) is 20.9. The lowest BCUT2D eigenvalue weighted by atomic mass is 9.90. The molecule has 3 aromatic rings. The van der Waals surface area contributed by atoms with E-state index in [4.69, 9.17) is 0 Å². The molecule has 0 spiro atoms. The molecule has 0 aliphatic carbocycles. The normalized spacial score (nSPS) is 15.4. The number of carbonyl (C=O) groups is 2. The van der Waals surface area contributed by atoms with E-state index >= 15 is 0 Å². The van der Waals surface area contributed by atoms with Crippen LogP contribution in [0.15, 0.2) is 78.9 Å². The van der Waals surface area contributed by atoms with Crippen molar-refractivity contribution in [1.82, 2.24) is 10.4 Å². The van der Waals surface area contributed by atoms with Gasteiger partial charge < -0.3 is 5.32 Å². The highest BCUT2D eigenvalue weighted by Crippen LogP contribution is 2.33. The van der Waals surface area contributed by atoms with Crippen molar-refractivity contribution in [3.63, 3.8) is 0 Å². The van der Waals surface area contributed by atoms with Gasteiger partial charge in [-0.05, 0) is 28.8 Å². The van der Waals surface area contributed by atoms with E-state index in [1.807, 2.05) is 65.7 Å². The first-order valence-electron chi connectivity index (χ1n) is 9.81. The first-order valence-corrected chi connectivity index (χ1v) is 9.81. The van der Waals surface area contributed by atoms with Crippen molar-refractivity contribution in [2.45, 2.75) is 25.4 Å². The van der Waals surface area contributed by atoms with Crippen LogP contribution in [0.1, 0.15) is 29.0 Å². The molecule has 0 fully saturated rings. The van der Waals surface area contributed by atoms with E-state index in [1.165, 1.54) is 12.1 Å². The number of benzene rings is 3. The van der Waals surface area contributed by atoms with Gasteiger partial charge in [-0.15, -0.1) is 0 Å². The molecule has 5 nitrogen and oxygen atoms in total. The van der Waals surface area contributed by atoms with E-state index in [2.05, 4.69) is 10.7 Å². The summed E-state index contributed by atoms with van der Waals surface area (Å²) in [6.45, 7) is 1.02. The molecule has 3 aromatic carbocycles. The molecule has 0 saturated carbocycles. The van der Waals surface area contributed by atoms with Crippen LogP contribution in [0.25, 0.3) is 0 Å². The second-order valence-corrected chi connectivity index (χ2v) is 7.34. The quantitative estimate of drug-likeness (QED) is 0.612. The molecule has 0 saturated heterocycles. The van der Waals surface area contributed by atoms with Gasteiger partial charge in [-0.3, -0.25) is 15.0 Å². The van der Waals surface area contributed by atoms with Gasteiger partial charge in [0.2, 0.25) is 11.8 Å². The molecular weight excluding hydrogens is 381 g/mol. The molecule has 1 heterocycles. The number of amides is 2. The summed E-state index contributed by atoms with van der Waals surface area (Å²) in [5.74, 6) is -1.72. The van der Waals surface area contributed by atoms with Crippen molar-refractivity contribution in [1.29, 1.82) is 0 Å². The maximum Gasteiger partial charge on any atom is 0.242 e. The molecule has 6 heteroatoms. The van der Waals surface area contributed by atoms with Gasteiger partial charge in [-0.1, -0.05) is 66.7 Å². The van der Waals surface area contributed by atoms with E-state index in [1.54, 1.807) is 6.07 Å². The van der Waals surface area contributed by atoms with Gasteiger partial charge in [0.05, 0.1) is 5.92 Å². The van der Waals surface area contributed by atoms with E-state index in [0.717, 1.165) is 11.1 Å². The summed E-state index contributed by atoms with van der Waals surface area (Å²) < 4.78 is 13.6. The molecule has 0 radical (unpaired) electrons. The third kappa shape index (κ3) is 4.72. The average molecular weight is 403 g/mol. The Morgan fingerprint density at radius 2 is 1.57 bits per heavy atom. The summed E-state index contributed by atoms with van der Waals surface area (Å²) in [6.07, 6.45) is 0.0228. The molecule has 152 valence electrons. The highest BCUT2D eigenvalue weighted by atomic mass is 19.1. The summed E-state index contributed by atoms with van der Waals surface area (Å²) >= 11 is 0. The van der Waals surface area contributed by atoms with Crippen molar-refractivity contribution < 1.29 is 14.0 Å². The van der Waals surface area contributed by atoms with Crippen molar-refractivity contribution in [3.05, 3.63) is 101 Å². The van der Waals surface area contributed by atoms with Crippen LogP contribution in [0, 0.1) is 5.82 Å². The number of halogens is 1. The lowest BCUT2D eigenvalue weighted by Gasteiger charge is -2.29. The molecule has 1 aliphatic rings. The van der Waals surface area contributed by atoms with Gasteiger partial charge in [0, 0.05) is 25.2 Å². The number of fused-ring (bicyclic) bond motifs is 1. The van der Waals surface area contributed by atoms with Crippen LogP contribution in [0.3, 0.4) is 0 Å². The smallest absolute Gasteiger partial charge is 0.242 e. The Labute approximate surface area is 174 Å². The van der Waals surface area contributed by atoms with Crippen LogP contribution in [-0.2, 0) is 22.7 Å². The summed E-state index contributed by atoms with van der Waals surface area (Å²) in [4.78, 5) is 25.2. The lowest BCUT2D eigenvalue weighted by molar-refractivity contribution is -0.130. The van der Waals surface area contributed by atoms with Crippen LogP contribution < -0.4 is 10.7 Å². The Morgan fingerprint density at radius 1 is 0.967 bits per heavy atom. The largest absolute Gasteiger partial charge is 0.326 e. The summed E-state index contributed by atoms with van der Waals surface area (Å²) in [7, 11) is 0.